The van der Waals surface area contributed by atoms with E-state index in [-0.39, 0.29) is 35.3 Å². The van der Waals surface area contributed by atoms with Gasteiger partial charge >= 0.3 is 0 Å². The number of hydrogen-bond donors (Lipinski definition) is 2. The summed E-state index contributed by atoms with van der Waals surface area (Å²) in [5.41, 5.74) is 0.684. The maximum absolute atomic E-state index is 13.3. The fraction of sp³-hybridized carbons (Fsp3) is 0.304. The molecule has 1 amide bonds. The van der Waals surface area contributed by atoms with Crippen LogP contribution in [0, 0.1) is 5.82 Å². The zero-order valence-corrected chi connectivity index (χ0v) is 17.0. The Balaban J connectivity index is 1.20. The standard InChI is InChI=1S/C23H21F3N4O2/c24-14-4-9-18-13(10-14)11-19(32-18)23(31)28-16-7-5-15(6-8-16)27-20-2-1-3-21-29-17(22(25)26)12-30(20)21/h1-4,9-12,15-16,22,27H,5-8H2,(H,28,31)/t15-,16+. The van der Waals surface area contributed by atoms with Crippen LogP contribution in [-0.4, -0.2) is 27.4 Å². The smallest absolute Gasteiger partial charge is 0.287 e. The van der Waals surface area contributed by atoms with Crippen LogP contribution in [-0.2, 0) is 0 Å². The van der Waals surface area contributed by atoms with E-state index in [1.807, 2.05) is 6.07 Å². The molecule has 1 saturated carbocycles. The number of nitrogens with one attached hydrogen (secondary N) is 2. The molecule has 0 saturated heterocycles. The number of fused-ring (bicyclic) bond motifs is 2. The van der Waals surface area contributed by atoms with Crippen molar-refractivity contribution in [2.75, 3.05) is 5.32 Å². The number of pyridine rings is 1. The first kappa shape index (κ1) is 20.4. The van der Waals surface area contributed by atoms with E-state index in [4.69, 9.17) is 4.42 Å². The van der Waals surface area contributed by atoms with Crippen LogP contribution in [0.2, 0.25) is 0 Å². The van der Waals surface area contributed by atoms with Crippen LogP contribution in [0.15, 0.2) is 53.1 Å². The van der Waals surface area contributed by atoms with Crippen molar-refractivity contribution in [3.05, 3.63) is 65.9 Å². The molecule has 4 aromatic rings. The zero-order chi connectivity index (χ0) is 22.2. The number of halogens is 3. The van der Waals surface area contributed by atoms with Gasteiger partial charge in [0.25, 0.3) is 12.3 Å². The van der Waals surface area contributed by atoms with Crippen LogP contribution in [0.1, 0.15) is 48.4 Å². The molecular weight excluding hydrogens is 421 g/mol. The van der Waals surface area contributed by atoms with Gasteiger partial charge in [0.2, 0.25) is 0 Å². The summed E-state index contributed by atoms with van der Waals surface area (Å²) >= 11 is 0. The Hall–Kier alpha value is -3.49. The number of amides is 1. The van der Waals surface area contributed by atoms with E-state index in [0.717, 1.165) is 25.7 Å². The Morgan fingerprint density at radius 2 is 1.88 bits per heavy atom. The van der Waals surface area contributed by atoms with Crippen LogP contribution in [0.4, 0.5) is 19.0 Å². The SMILES string of the molecule is O=C(N[C@H]1CC[C@@H](Nc2cccc3nc(C(F)F)cn23)CC1)c1cc2cc(F)ccc2o1. The zero-order valence-electron chi connectivity index (χ0n) is 17.0. The molecular formula is C23H21F3N4O2. The number of alkyl halides is 2. The molecule has 9 heteroatoms. The van der Waals surface area contributed by atoms with Gasteiger partial charge in [0.1, 0.15) is 28.6 Å². The second kappa shape index (κ2) is 8.22. The van der Waals surface area contributed by atoms with E-state index in [2.05, 4.69) is 15.6 Å². The normalized spacial score (nSPS) is 19.0. The number of hydrogen-bond acceptors (Lipinski definition) is 4. The van der Waals surface area contributed by atoms with Gasteiger partial charge < -0.3 is 15.1 Å². The van der Waals surface area contributed by atoms with E-state index in [1.54, 1.807) is 22.6 Å². The van der Waals surface area contributed by atoms with Gasteiger partial charge in [0.15, 0.2) is 5.76 Å². The van der Waals surface area contributed by atoms with Crippen molar-refractivity contribution in [2.24, 2.45) is 0 Å². The number of anilines is 1. The van der Waals surface area contributed by atoms with Crippen molar-refractivity contribution < 1.29 is 22.4 Å². The van der Waals surface area contributed by atoms with E-state index in [0.29, 0.717) is 22.4 Å². The molecule has 6 nitrogen and oxygen atoms in total. The van der Waals surface area contributed by atoms with E-state index >= 15 is 0 Å². The average molecular weight is 442 g/mol. The van der Waals surface area contributed by atoms with E-state index in [1.165, 1.54) is 24.4 Å². The molecule has 1 fully saturated rings. The third-order valence-corrected chi connectivity index (χ3v) is 5.85. The Labute approximate surface area is 181 Å². The number of furan rings is 1. The van der Waals surface area contributed by atoms with Crippen molar-refractivity contribution in [3.8, 4) is 0 Å². The van der Waals surface area contributed by atoms with E-state index in [9.17, 15) is 18.0 Å². The molecule has 3 heterocycles. The van der Waals surface area contributed by atoms with Crippen molar-refractivity contribution in [1.82, 2.24) is 14.7 Å². The highest BCUT2D eigenvalue weighted by atomic mass is 19.3. The number of carbonyl (C=O) groups excluding carboxylic acids is 1. The summed E-state index contributed by atoms with van der Waals surface area (Å²) in [4.78, 5) is 16.5. The number of carbonyl (C=O) groups is 1. The van der Waals surface area contributed by atoms with Crippen LogP contribution in [0.3, 0.4) is 0 Å². The van der Waals surface area contributed by atoms with Crippen LogP contribution < -0.4 is 10.6 Å². The first-order chi connectivity index (χ1) is 15.5. The molecule has 5 rings (SSSR count). The summed E-state index contributed by atoms with van der Waals surface area (Å²) in [6.07, 6.45) is 1.88. The van der Waals surface area contributed by atoms with Crippen LogP contribution >= 0.6 is 0 Å². The second-order valence-corrected chi connectivity index (χ2v) is 8.06. The largest absolute Gasteiger partial charge is 0.451 e. The highest BCUT2D eigenvalue weighted by Gasteiger charge is 2.24. The minimum absolute atomic E-state index is 0.0000261. The monoisotopic (exact) mass is 442 g/mol. The predicted molar refractivity (Wildman–Crippen MR) is 113 cm³/mol. The molecule has 0 atom stereocenters. The topological polar surface area (TPSA) is 71.6 Å². The fourth-order valence-electron chi connectivity index (χ4n) is 4.23. The van der Waals surface area contributed by atoms with Gasteiger partial charge in [-0.2, -0.15) is 0 Å². The quantitative estimate of drug-likeness (QED) is 0.439. The van der Waals surface area contributed by atoms with Crippen molar-refractivity contribution >= 4 is 28.3 Å². The fourth-order valence-corrected chi connectivity index (χ4v) is 4.23. The van der Waals surface area contributed by atoms with Gasteiger partial charge in [0, 0.05) is 23.7 Å². The molecule has 3 aromatic heterocycles. The van der Waals surface area contributed by atoms with E-state index < -0.39 is 6.43 Å². The highest BCUT2D eigenvalue weighted by molar-refractivity contribution is 5.96. The first-order valence-corrected chi connectivity index (χ1v) is 10.5. The number of nitrogens with zero attached hydrogens (tertiary/aromatic N) is 2. The summed E-state index contributed by atoms with van der Waals surface area (Å²) in [5, 5.41) is 6.95. The third-order valence-electron chi connectivity index (χ3n) is 5.85. The van der Waals surface area contributed by atoms with Crippen LogP contribution in [0.25, 0.3) is 16.6 Å². The molecule has 0 spiro atoms. The van der Waals surface area contributed by atoms with Gasteiger partial charge in [0.05, 0.1) is 0 Å². The molecule has 0 bridgehead atoms. The van der Waals surface area contributed by atoms with Gasteiger partial charge in [-0.05, 0) is 62.1 Å². The molecule has 1 aliphatic rings. The lowest BCUT2D eigenvalue weighted by molar-refractivity contribution is 0.0900. The molecule has 1 aromatic carbocycles. The lowest BCUT2D eigenvalue weighted by Gasteiger charge is -2.30. The second-order valence-electron chi connectivity index (χ2n) is 8.06. The van der Waals surface area contributed by atoms with Gasteiger partial charge in [-0.3, -0.25) is 9.20 Å². The lowest BCUT2D eigenvalue weighted by Crippen LogP contribution is -2.40. The molecule has 32 heavy (non-hydrogen) atoms. The molecule has 2 N–H and O–H groups in total. The Morgan fingerprint density at radius 3 is 2.66 bits per heavy atom. The number of benzene rings is 1. The molecule has 166 valence electrons. The molecule has 0 aliphatic heterocycles. The number of imidazole rings is 1. The molecule has 0 unspecified atom stereocenters. The summed E-state index contributed by atoms with van der Waals surface area (Å²) in [6, 6.07) is 11.1. The summed E-state index contributed by atoms with van der Waals surface area (Å²) in [6.45, 7) is 0. The maximum atomic E-state index is 13.3. The minimum Gasteiger partial charge on any atom is -0.451 e. The molecule has 1 aliphatic carbocycles. The Kier molecular flexibility index (Phi) is 5.24. The van der Waals surface area contributed by atoms with Gasteiger partial charge in [-0.15, -0.1) is 0 Å². The van der Waals surface area contributed by atoms with Crippen molar-refractivity contribution in [1.29, 1.82) is 0 Å². The molecule has 0 radical (unpaired) electrons. The predicted octanol–water partition coefficient (Wildman–Crippen LogP) is 5.31. The van der Waals surface area contributed by atoms with Crippen molar-refractivity contribution in [2.45, 2.75) is 44.2 Å². The highest BCUT2D eigenvalue weighted by Crippen LogP contribution is 2.26. The number of aromatic nitrogens is 2. The Morgan fingerprint density at radius 1 is 1.09 bits per heavy atom. The average Bonchev–Trinajstić information content (AvgIpc) is 3.40. The van der Waals surface area contributed by atoms with Crippen molar-refractivity contribution in [3.63, 3.8) is 0 Å². The lowest BCUT2D eigenvalue weighted by atomic mass is 9.91. The minimum atomic E-state index is -2.62. The third kappa shape index (κ3) is 4.02. The van der Waals surface area contributed by atoms with Gasteiger partial charge in [-0.1, -0.05) is 6.07 Å². The van der Waals surface area contributed by atoms with Crippen LogP contribution in [0.5, 0.6) is 0 Å². The first-order valence-electron chi connectivity index (χ1n) is 10.5. The maximum Gasteiger partial charge on any atom is 0.287 e. The Bertz CT molecular complexity index is 1270. The summed E-state index contributed by atoms with van der Waals surface area (Å²) < 4.78 is 46.5. The summed E-state index contributed by atoms with van der Waals surface area (Å²) in [5.74, 6) is 0.171. The van der Waals surface area contributed by atoms with Gasteiger partial charge in [-0.25, -0.2) is 18.2 Å². The summed E-state index contributed by atoms with van der Waals surface area (Å²) in [7, 11) is 0. The number of rotatable bonds is 5.